The first-order valence-corrected chi connectivity index (χ1v) is 9.92. The van der Waals surface area contributed by atoms with Crippen LogP contribution in [0, 0.1) is 6.92 Å². The van der Waals surface area contributed by atoms with Crippen molar-refractivity contribution >= 4 is 35.1 Å². The highest BCUT2D eigenvalue weighted by molar-refractivity contribution is 6.07. The molecular formula is C25H22N2O6. The monoisotopic (exact) mass is 446 g/mol. The van der Waals surface area contributed by atoms with Crippen molar-refractivity contribution in [2.24, 2.45) is 0 Å². The van der Waals surface area contributed by atoms with E-state index in [1.54, 1.807) is 18.2 Å². The molecule has 0 aliphatic rings. The Morgan fingerprint density at radius 1 is 0.606 bits per heavy atom. The van der Waals surface area contributed by atoms with Crippen LogP contribution in [0.1, 0.15) is 47.0 Å². The molecule has 3 aromatic rings. The zero-order chi connectivity index (χ0) is 24.0. The number of carbonyl (C=O) groups is 4. The van der Waals surface area contributed by atoms with Crippen LogP contribution in [-0.2, 0) is 9.47 Å². The highest BCUT2D eigenvalue weighted by Gasteiger charge is 2.13. The van der Waals surface area contributed by atoms with Crippen LogP contribution in [0.5, 0.6) is 0 Å². The minimum atomic E-state index is -0.485. The molecule has 0 heterocycles. The molecule has 0 fully saturated rings. The maximum atomic E-state index is 12.6. The fraction of sp³-hybridized carbons (Fsp3) is 0.120. The summed E-state index contributed by atoms with van der Waals surface area (Å²) >= 11 is 0. The van der Waals surface area contributed by atoms with Crippen LogP contribution in [0.15, 0.2) is 66.7 Å². The molecule has 0 aliphatic heterocycles. The molecule has 2 N–H and O–H groups in total. The summed E-state index contributed by atoms with van der Waals surface area (Å²) in [5.74, 6) is -1.70. The van der Waals surface area contributed by atoms with Gasteiger partial charge in [-0.05, 0) is 73.2 Å². The maximum Gasteiger partial charge on any atom is 0.337 e. The Labute approximate surface area is 190 Å². The van der Waals surface area contributed by atoms with Gasteiger partial charge < -0.3 is 20.1 Å². The summed E-state index contributed by atoms with van der Waals surface area (Å²) in [5.41, 5.74) is 3.22. The fourth-order valence-electron chi connectivity index (χ4n) is 2.98. The summed E-state index contributed by atoms with van der Waals surface area (Å²) in [6.07, 6.45) is 0. The molecular weight excluding hydrogens is 424 g/mol. The molecule has 168 valence electrons. The molecule has 0 aromatic heterocycles. The normalized spacial score (nSPS) is 10.2. The van der Waals surface area contributed by atoms with Crippen molar-refractivity contribution in [2.45, 2.75) is 6.92 Å². The molecule has 0 saturated heterocycles. The molecule has 0 unspecified atom stereocenters. The number of aryl methyl sites for hydroxylation is 1. The van der Waals surface area contributed by atoms with E-state index >= 15 is 0 Å². The third-order valence-electron chi connectivity index (χ3n) is 4.88. The predicted molar refractivity (Wildman–Crippen MR) is 123 cm³/mol. The second-order valence-electron chi connectivity index (χ2n) is 7.08. The van der Waals surface area contributed by atoms with E-state index in [0.717, 1.165) is 5.56 Å². The van der Waals surface area contributed by atoms with Gasteiger partial charge in [0.1, 0.15) is 0 Å². The number of benzene rings is 3. The number of carbonyl (C=O) groups excluding carboxylic acids is 4. The van der Waals surface area contributed by atoms with Crippen molar-refractivity contribution < 1.29 is 28.7 Å². The van der Waals surface area contributed by atoms with Crippen LogP contribution in [0.25, 0.3) is 0 Å². The molecule has 0 saturated carbocycles. The highest BCUT2D eigenvalue weighted by atomic mass is 16.5. The van der Waals surface area contributed by atoms with Crippen LogP contribution in [0.3, 0.4) is 0 Å². The van der Waals surface area contributed by atoms with E-state index in [4.69, 9.17) is 0 Å². The van der Waals surface area contributed by atoms with Gasteiger partial charge in [-0.15, -0.1) is 0 Å². The Bertz CT molecular complexity index is 1200. The minimum absolute atomic E-state index is 0.342. The molecule has 0 aliphatic carbocycles. The standard InChI is InChI=1S/C25H22N2O6/c1-15-4-13-20(26-22(28)16-5-9-18(10-6-16)24(30)32-2)14-21(15)27-23(29)17-7-11-19(12-8-17)25(31)33-3/h4-14H,1-3H3,(H,26,28)(H,27,29). The lowest BCUT2D eigenvalue weighted by Crippen LogP contribution is -2.15. The Hall–Kier alpha value is -4.46. The number of hydrogen-bond donors (Lipinski definition) is 2. The van der Waals surface area contributed by atoms with Crippen LogP contribution >= 0.6 is 0 Å². The first-order valence-electron chi connectivity index (χ1n) is 9.92. The molecule has 0 radical (unpaired) electrons. The van der Waals surface area contributed by atoms with Crippen molar-refractivity contribution in [2.75, 3.05) is 24.9 Å². The van der Waals surface area contributed by atoms with Gasteiger partial charge in [-0.2, -0.15) is 0 Å². The van der Waals surface area contributed by atoms with Crippen LogP contribution in [0.4, 0.5) is 11.4 Å². The third kappa shape index (κ3) is 5.62. The lowest BCUT2D eigenvalue weighted by atomic mass is 10.1. The lowest BCUT2D eigenvalue weighted by Gasteiger charge is -2.12. The smallest absolute Gasteiger partial charge is 0.337 e. The topological polar surface area (TPSA) is 111 Å². The number of ether oxygens (including phenoxy) is 2. The van der Waals surface area contributed by atoms with E-state index in [2.05, 4.69) is 20.1 Å². The van der Waals surface area contributed by atoms with E-state index in [9.17, 15) is 19.2 Å². The molecule has 8 heteroatoms. The molecule has 3 rings (SSSR count). The average Bonchev–Trinajstić information content (AvgIpc) is 2.85. The first-order chi connectivity index (χ1) is 15.8. The van der Waals surface area contributed by atoms with Crippen molar-refractivity contribution in [3.05, 3.63) is 94.5 Å². The summed E-state index contributed by atoms with van der Waals surface area (Å²) in [6, 6.07) is 17.3. The Morgan fingerprint density at radius 3 is 1.48 bits per heavy atom. The Balaban J connectivity index is 1.71. The molecule has 0 bridgehead atoms. The van der Waals surface area contributed by atoms with Crippen LogP contribution in [0.2, 0.25) is 0 Å². The van der Waals surface area contributed by atoms with Gasteiger partial charge in [-0.3, -0.25) is 9.59 Å². The van der Waals surface area contributed by atoms with Gasteiger partial charge in [0.05, 0.1) is 25.3 Å². The number of methoxy groups -OCH3 is 2. The number of rotatable bonds is 6. The maximum absolute atomic E-state index is 12.6. The van der Waals surface area contributed by atoms with Crippen LogP contribution < -0.4 is 10.6 Å². The number of esters is 2. The average molecular weight is 446 g/mol. The summed E-state index contributed by atoms with van der Waals surface area (Å²) in [4.78, 5) is 48.3. The quantitative estimate of drug-likeness (QED) is 0.552. The summed E-state index contributed by atoms with van der Waals surface area (Å²) in [7, 11) is 2.57. The molecule has 0 atom stereocenters. The van der Waals surface area contributed by atoms with Gasteiger partial charge in [-0.1, -0.05) is 6.07 Å². The Morgan fingerprint density at radius 2 is 1.03 bits per heavy atom. The number of anilines is 2. The van der Waals surface area contributed by atoms with Crippen molar-refractivity contribution in [1.82, 2.24) is 0 Å². The van der Waals surface area contributed by atoms with Crippen LogP contribution in [-0.4, -0.2) is 38.0 Å². The number of nitrogens with one attached hydrogen (secondary N) is 2. The third-order valence-corrected chi connectivity index (χ3v) is 4.88. The zero-order valence-corrected chi connectivity index (χ0v) is 18.3. The predicted octanol–water partition coefficient (Wildman–Crippen LogP) is 4.07. The van der Waals surface area contributed by atoms with Gasteiger partial charge in [-0.25, -0.2) is 9.59 Å². The zero-order valence-electron chi connectivity index (χ0n) is 18.3. The number of amides is 2. The van der Waals surface area contributed by atoms with E-state index in [0.29, 0.717) is 33.6 Å². The van der Waals surface area contributed by atoms with Crippen molar-refractivity contribution in [1.29, 1.82) is 0 Å². The molecule has 33 heavy (non-hydrogen) atoms. The number of hydrogen-bond acceptors (Lipinski definition) is 6. The highest BCUT2D eigenvalue weighted by Crippen LogP contribution is 2.22. The van der Waals surface area contributed by atoms with Gasteiger partial charge in [0.15, 0.2) is 0 Å². The van der Waals surface area contributed by atoms with E-state index in [-0.39, 0.29) is 11.8 Å². The van der Waals surface area contributed by atoms with Crippen molar-refractivity contribution in [3.8, 4) is 0 Å². The fourth-order valence-corrected chi connectivity index (χ4v) is 2.98. The SMILES string of the molecule is COC(=O)c1ccc(C(=O)Nc2ccc(C)c(NC(=O)c3ccc(C(=O)OC)cc3)c2)cc1. The molecule has 0 spiro atoms. The summed E-state index contributed by atoms with van der Waals surface area (Å²) in [6.45, 7) is 1.83. The molecule has 2 amide bonds. The van der Waals surface area contributed by atoms with Gasteiger partial charge in [0.25, 0.3) is 11.8 Å². The van der Waals surface area contributed by atoms with E-state index in [1.807, 2.05) is 6.92 Å². The molecule has 3 aromatic carbocycles. The molecule has 8 nitrogen and oxygen atoms in total. The summed E-state index contributed by atoms with van der Waals surface area (Å²) in [5, 5.41) is 5.58. The van der Waals surface area contributed by atoms with E-state index in [1.165, 1.54) is 62.8 Å². The van der Waals surface area contributed by atoms with Gasteiger partial charge >= 0.3 is 11.9 Å². The Kier molecular flexibility index (Phi) is 7.20. The van der Waals surface area contributed by atoms with E-state index < -0.39 is 11.9 Å². The lowest BCUT2D eigenvalue weighted by molar-refractivity contribution is 0.0592. The van der Waals surface area contributed by atoms with Gasteiger partial charge in [0, 0.05) is 22.5 Å². The summed E-state index contributed by atoms with van der Waals surface area (Å²) < 4.78 is 9.30. The second-order valence-corrected chi connectivity index (χ2v) is 7.08. The van der Waals surface area contributed by atoms with Crippen molar-refractivity contribution in [3.63, 3.8) is 0 Å². The second kappa shape index (κ2) is 10.2. The van der Waals surface area contributed by atoms with Gasteiger partial charge in [0.2, 0.25) is 0 Å². The first kappa shape index (κ1) is 23.2. The largest absolute Gasteiger partial charge is 0.465 e. The minimum Gasteiger partial charge on any atom is -0.465 e.